The lowest BCUT2D eigenvalue weighted by molar-refractivity contribution is 0.0932. The molecule has 0 aliphatic rings. The van der Waals surface area contributed by atoms with Gasteiger partial charge in [0.05, 0.1) is 22.1 Å². The van der Waals surface area contributed by atoms with E-state index in [0.29, 0.717) is 5.69 Å². The van der Waals surface area contributed by atoms with Gasteiger partial charge >= 0.3 is 0 Å². The highest BCUT2D eigenvalue weighted by Crippen LogP contribution is 2.26. The topological polar surface area (TPSA) is 70.7 Å². The number of para-hydroxylation sites is 2. The molecule has 0 fully saturated rings. The summed E-state index contributed by atoms with van der Waals surface area (Å²) in [6, 6.07) is 7.62. The van der Waals surface area contributed by atoms with Crippen LogP contribution in [0.25, 0.3) is 11.0 Å². The maximum Gasteiger partial charge on any atom is 0.271 e. The van der Waals surface area contributed by atoms with E-state index in [1.54, 1.807) is 11.3 Å². The predicted molar refractivity (Wildman–Crippen MR) is 92.9 cm³/mol. The minimum atomic E-state index is -0.211. The van der Waals surface area contributed by atoms with E-state index in [1.165, 1.54) is 0 Å². The van der Waals surface area contributed by atoms with Gasteiger partial charge in [0.25, 0.3) is 5.91 Å². The predicted octanol–water partition coefficient (Wildman–Crippen LogP) is 3.94. The number of aromatic nitrogens is 3. The Kier molecular flexibility index (Phi) is 4.17. The van der Waals surface area contributed by atoms with Crippen molar-refractivity contribution in [1.29, 1.82) is 0 Å². The van der Waals surface area contributed by atoms with Gasteiger partial charge in [-0.15, -0.1) is 11.3 Å². The fraction of sp³-hybridized carbons (Fsp3) is 0.353. The van der Waals surface area contributed by atoms with Crippen molar-refractivity contribution in [3.8, 4) is 0 Å². The Morgan fingerprint density at radius 3 is 2.65 bits per heavy atom. The van der Waals surface area contributed by atoms with Crippen LogP contribution in [0, 0.1) is 6.92 Å². The van der Waals surface area contributed by atoms with Crippen LogP contribution in [0.3, 0.4) is 0 Å². The standard InChI is InChI=1S/C17H20N4OS/c1-9(2)15-14(19-11(4)23-15)17(22)18-10(3)16-20-12-7-5-6-8-13(12)21-16/h5-10H,1-4H3,(H,18,22)(H,20,21). The Bertz CT molecular complexity index is 816. The second kappa shape index (κ2) is 6.12. The molecule has 0 saturated heterocycles. The Morgan fingerprint density at radius 2 is 1.96 bits per heavy atom. The molecular formula is C17H20N4OS. The largest absolute Gasteiger partial charge is 0.341 e. The van der Waals surface area contributed by atoms with Crippen LogP contribution >= 0.6 is 11.3 Å². The molecule has 1 aromatic carbocycles. The number of carbonyl (C=O) groups is 1. The van der Waals surface area contributed by atoms with Gasteiger partial charge < -0.3 is 10.3 Å². The summed E-state index contributed by atoms with van der Waals surface area (Å²) in [7, 11) is 0. The summed E-state index contributed by atoms with van der Waals surface area (Å²) >= 11 is 1.58. The molecular weight excluding hydrogens is 308 g/mol. The van der Waals surface area contributed by atoms with E-state index in [-0.39, 0.29) is 17.9 Å². The number of thiazole rings is 1. The summed E-state index contributed by atoms with van der Waals surface area (Å²) < 4.78 is 0. The molecule has 1 unspecified atom stereocenters. The highest BCUT2D eigenvalue weighted by Gasteiger charge is 2.21. The minimum Gasteiger partial charge on any atom is -0.341 e. The molecule has 1 amide bonds. The minimum absolute atomic E-state index is 0.147. The number of hydrogen-bond donors (Lipinski definition) is 2. The maximum absolute atomic E-state index is 12.6. The lowest BCUT2D eigenvalue weighted by Gasteiger charge is -2.12. The van der Waals surface area contributed by atoms with Crippen molar-refractivity contribution in [2.75, 3.05) is 0 Å². The maximum atomic E-state index is 12.6. The van der Waals surface area contributed by atoms with Gasteiger partial charge in [0.1, 0.15) is 11.5 Å². The number of aromatic amines is 1. The van der Waals surface area contributed by atoms with E-state index in [4.69, 9.17) is 0 Å². The lowest BCUT2D eigenvalue weighted by Crippen LogP contribution is -2.28. The number of nitrogens with one attached hydrogen (secondary N) is 2. The Morgan fingerprint density at radius 1 is 1.22 bits per heavy atom. The number of hydrogen-bond acceptors (Lipinski definition) is 4. The van der Waals surface area contributed by atoms with Crippen molar-refractivity contribution in [3.63, 3.8) is 0 Å². The quantitative estimate of drug-likeness (QED) is 0.762. The van der Waals surface area contributed by atoms with Gasteiger partial charge in [-0.2, -0.15) is 0 Å². The second-order valence-corrected chi connectivity index (χ2v) is 7.17. The van der Waals surface area contributed by atoms with Crippen LogP contribution in [0.2, 0.25) is 0 Å². The van der Waals surface area contributed by atoms with Crippen molar-refractivity contribution >= 4 is 28.3 Å². The van der Waals surface area contributed by atoms with Gasteiger partial charge in [0.2, 0.25) is 0 Å². The molecule has 2 heterocycles. The number of carbonyl (C=O) groups excluding carboxylic acids is 1. The zero-order valence-corrected chi connectivity index (χ0v) is 14.5. The van der Waals surface area contributed by atoms with E-state index < -0.39 is 0 Å². The van der Waals surface area contributed by atoms with Gasteiger partial charge in [-0.25, -0.2) is 9.97 Å². The Hall–Kier alpha value is -2.21. The van der Waals surface area contributed by atoms with Crippen LogP contribution in [0.1, 0.15) is 58.9 Å². The highest BCUT2D eigenvalue weighted by molar-refractivity contribution is 7.12. The summed E-state index contributed by atoms with van der Waals surface area (Å²) in [5.41, 5.74) is 2.40. The molecule has 120 valence electrons. The number of rotatable bonds is 4. The fourth-order valence-corrected chi connectivity index (χ4v) is 3.43. The zero-order chi connectivity index (χ0) is 16.6. The van der Waals surface area contributed by atoms with Crippen LogP contribution in [0.15, 0.2) is 24.3 Å². The summed E-state index contributed by atoms with van der Waals surface area (Å²) in [5, 5.41) is 3.91. The summed E-state index contributed by atoms with van der Waals surface area (Å²) in [6.45, 7) is 8.00. The van der Waals surface area contributed by atoms with E-state index in [9.17, 15) is 4.79 Å². The van der Waals surface area contributed by atoms with E-state index in [0.717, 1.165) is 26.7 Å². The normalized spacial score (nSPS) is 12.7. The number of fused-ring (bicyclic) bond motifs is 1. The van der Waals surface area contributed by atoms with Gasteiger partial charge in [-0.1, -0.05) is 26.0 Å². The molecule has 0 aliphatic carbocycles. The van der Waals surface area contributed by atoms with Gasteiger partial charge in [0.15, 0.2) is 0 Å². The average molecular weight is 328 g/mol. The van der Waals surface area contributed by atoms with Crippen molar-refractivity contribution in [3.05, 3.63) is 45.7 Å². The van der Waals surface area contributed by atoms with Crippen LogP contribution in [0.4, 0.5) is 0 Å². The molecule has 2 N–H and O–H groups in total. The molecule has 0 bridgehead atoms. The first kappa shape index (κ1) is 15.7. The molecule has 0 aliphatic heterocycles. The second-order valence-electron chi connectivity index (χ2n) is 5.93. The van der Waals surface area contributed by atoms with Crippen molar-refractivity contribution in [2.24, 2.45) is 0 Å². The lowest BCUT2D eigenvalue weighted by atomic mass is 10.1. The zero-order valence-electron chi connectivity index (χ0n) is 13.7. The summed E-state index contributed by atoms with van der Waals surface area (Å²) in [5.74, 6) is 0.882. The first-order valence-corrected chi connectivity index (χ1v) is 8.50. The monoisotopic (exact) mass is 328 g/mol. The average Bonchev–Trinajstić information content (AvgIpc) is 3.10. The molecule has 2 aromatic heterocycles. The number of amides is 1. The van der Waals surface area contributed by atoms with Gasteiger partial charge in [-0.3, -0.25) is 4.79 Å². The number of H-pyrrole nitrogens is 1. The third-order valence-electron chi connectivity index (χ3n) is 3.67. The van der Waals surface area contributed by atoms with Crippen molar-refractivity contribution in [2.45, 2.75) is 39.7 Å². The molecule has 6 heteroatoms. The molecule has 1 atom stereocenters. The molecule has 3 aromatic rings. The number of benzene rings is 1. The van der Waals surface area contributed by atoms with Gasteiger partial charge in [-0.05, 0) is 31.9 Å². The van der Waals surface area contributed by atoms with E-state index >= 15 is 0 Å². The third kappa shape index (κ3) is 3.12. The highest BCUT2D eigenvalue weighted by atomic mass is 32.1. The van der Waals surface area contributed by atoms with Crippen molar-refractivity contribution < 1.29 is 4.79 Å². The van der Waals surface area contributed by atoms with Crippen LogP contribution < -0.4 is 5.32 Å². The Balaban J connectivity index is 1.82. The summed E-state index contributed by atoms with van der Waals surface area (Å²) in [6.07, 6.45) is 0. The SMILES string of the molecule is Cc1nc(C(=O)NC(C)c2nc3ccccc3[nH]2)c(C(C)C)s1. The number of nitrogens with zero attached hydrogens (tertiary/aromatic N) is 2. The van der Waals surface area contributed by atoms with E-state index in [1.807, 2.05) is 38.1 Å². The van der Waals surface area contributed by atoms with E-state index in [2.05, 4.69) is 34.1 Å². The smallest absolute Gasteiger partial charge is 0.271 e. The molecule has 0 spiro atoms. The number of imidazole rings is 1. The van der Waals surface area contributed by atoms with Crippen LogP contribution in [-0.4, -0.2) is 20.9 Å². The number of aryl methyl sites for hydroxylation is 1. The molecule has 5 nitrogen and oxygen atoms in total. The molecule has 23 heavy (non-hydrogen) atoms. The summed E-state index contributed by atoms with van der Waals surface area (Å²) in [4.78, 5) is 25.8. The first-order chi connectivity index (χ1) is 11.0. The van der Waals surface area contributed by atoms with Crippen molar-refractivity contribution in [1.82, 2.24) is 20.3 Å². The molecule has 0 radical (unpaired) electrons. The third-order valence-corrected chi connectivity index (χ3v) is 4.94. The fourth-order valence-electron chi connectivity index (χ4n) is 2.51. The molecule has 3 rings (SSSR count). The van der Waals surface area contributed by atoms with Gasteiger partial charge in [0, 0.05) is 4.88 Å². The van der Waals surface area contributed by atoms with Crippen LogP contribution in [0.5, 0.6) is 0 Å². The first-order valence-electron chi connectivity index (χ1n) is 7.68. The Labute approximate surface area is 139 Å². The molecule has 0 saturated carbocycles. The van der Waals surface area contributed by atoms with Crippen LogP contribution in [-0.2, 0) is 0 Å².